The van der Waals surface area contributed by atoms with Gasteiger partial charge in [0.15, 0.2) is 5.82 Å². The van der Waals surface area contributed by atoms with Crippen molar-refractivity contribution in [2.75, 3.05) is 18.4 Å². The third-order valence-electron chi connectivity index (χ3n) is 5.56. The molecule has 0 aliphatic carbocycles. The van der Waals surface area contributed by atoms with Crippen LogP contribution in [-0.4, -0.2) is 56.6 Å². The van der Waals surface area contributed by atoms with E-state index in [1.807, 2.05) is 25.1 Å². The van der Waals surface area contributed by atoms with E-state index < -0.39 is 18.2 Å². The molecule has 3 aromatic rings. The lowest BCUT2D eigenvalue weighted by Crippen LogP contribution is -2.47. The number of aliphatic hydroxyl groups is 1. The van der Waals surface area contributed by atoms with E-state index in [9.17, 15) is 14.3 Å². The fourth-order valence-electron chi connectivity index (χ4n) is 3.54. The van der Waals surface area contributed by atoms with Crippen LogP contribution in [0.2, 0.25) is 0 Å². The van der Waals surface area contributed by atoms with Crippen LogP contribution in [0, 0.1) is 5.82 Å². The minimum atomic E-state index is -0.751. The third kappa shape index (κ3) is 7.32. The van der Waals surface area contributed by atoms with Crippen molar-refractivity contribution in [1.29, 1.82) is 0 Å². The van der Waals surface area contributed by atoms with Crippen LogP contribution in [0.1, 0.15) is 31.4 Å². The molecule has 34 heavy (non-hydrogen) atoms. The van der Waals surface area contributed by atoms with E-state index in [4.69, 9.17) is 0 Å². The first-order valence-corrected chi connectivity index (χ1v) is 11.4. The van der Waals surface area contributed by atoms with Crippen LogP contribution in [0.4, 0.5) is 14.9 Å². The largest absolute Gasteiger partial charge is 0.390 e. The molecule has 0 radical (unpaired) electrons. The molecule has 9 nitrogen and oxygen atoms in total. The molecule has 182 valence electrons. The zero-order valence-corrected chi connectivity index (χ0v) is 19.8. The van der Waals surface area contributed by atoms with Crippen LogP contribution in [0.25, 0.3) is 11.4 Å². The number of aromatic nitrogens is 4. The highest BCUT2D eigenvalue weighted by atomic mass is 19.1. The lowest BCUT2D eigenvalue weighted by molar-refractivity contribution is 0.135. The van der Waals surface area contributed by atoms with Gasteiger partial charge in [-0.1, -0.05) is 19.1 Å². The summed E-state index contributed by atoms with van der Waals surface area (Å²) in [5.41, 5.74) is 3.53. The molecule has 10 heteroatoms. The van der Waals surface area contributed by atoms with Gasteiger partial charge in [0.05, 0.1) is 12.1 Å². The highest BCUT2D eigenvalue weighted by molar-refractivity contribution is 5.90. The van der Waals surface area contributed by atoms with Gasteiger partial charge in [-0.2, -0.15) is 0 Å². The standard InChI is InChI=1S/C24H32FN7O2/c1-4-17-12-19(23-29-30-31-32(23)3)14-21(13-17)28-24(34)27-16(2)22(33)15-26-11-5-6-18-7-9-20(25)10-8-18/h7-10,12-14,16,22,26,33H,4-6,11,15H2,1-3H3,(H2,27,28,34)/t16-,22+/m1/s1. The van der Waals surface area contributed by atoms with E-state index in [2.05, 4.69) is 31.5 Å². The average Bonchev–Trinajstić information content (AvgIpc) is 3.25. The molecule has 4 N–H and O–H groups in total. The Balaban J connectivity index is 1.44. The van der Waals surface area contributed by atoms with Gasteiger partial charge in [0.1, 0.15) is 5.82 Å². The zero-order valence-electron chi connectivity index (χ0n) is 19.8. The van der Waals surface area contributed by atoms with Crippen molar-refractivity contribution in [1.82, 2.24) is 30.8 Å². The molecule has 0 saturated carbocycles. The lowest BCUT2D eigenvalue weighted by atomic mass is 10.1. The predicted octanol–water partition coefficient (Wildman–Crippen LogP) is 2.67. The summed E-state index contributed by atoms with van der Waals surface area (Å²) in [6, 6.07) is 11.3. The minimum absolute atomic E-state index is 0.239. The van der Waals surface area contributed by atoms with Crippen molar-refractivity contribution in [3.8, 4) is 11.4 Å². The van der Waals surface area contributed by atoms with Gasteiger partial charge in [-0.25, -0.2) is 13.9 Å². The summed E-state index contributed by atoms with van der Waals surface area (Å²) in [4.78, 5) is 12.5. The van der Waals surface area contributed by atoms with Crippen molar-refractivity contribution < 1.29 is 14.3 Å². The maximum atomic E-state index is 12.9. The van der Waals surface area contributed by atoms with E-state index >= 15 is 0 Å². The van der Waals surface area contributed by atoms with E-state index in [-0.39, 0.29) is 5.82 Å². The van der Waals surface area contributed by atoms with Crippen molar-refractivity contribution in [3.05, 3.63) is 59.4 Å². The first-order valence-electron chi connectivity index (χ1n) is 11.4. The number of tetrazole rings is 1. The molecule has 0 bridgehead atoms. The Labute approximate surface area is 198 Å². The number of nitrogens with one attached hydrogen (secondary N) is 3. The van der Waals surface area contributed by atoms with Crippen molar-refractivity contribution >= 4 is 11.7 Å². The summed E-state index contributed by atoms with van der Waals surface area (Å²) >= 11 is 0. The Morgan fingerprint density at radius 2 is 1.94 bits per heavy atom. The SMILES string of the molecule is CCc1cc(NC(=O)N[C@H](C)[C@@H](O)CNCCCc2ccc(F)cc2)cc(-c2nnnn2C)c1. The minimum Gasteiger partial charge on any atom is -0.390 e. The second-order valence-corrected chi connectivity index (χ2v) is 8.29. The van der Waals surface area contributed by atoms with Gasteiger partial charge < -0.3 is 21.1 Å². The summed E-state index contributed by atoms with van der Waals surface area (Å²) < 4.78 is 14.5. The van der Waals surface area contributed by atoms with Gasteiger partial charge in [-0.3, -0.25) is 0 Å². The molecule has 2 aromatic carbocycles. The lowest BCUT2D eigenvalue weighted by Gasteiger charge is -2.21. The molecule has 0 fully saturated rings. The quantitative estimate of drug-likeness (QED) is 0.321. The fourth-order valence-corrected chi connectivity index (χ4v) is 3.54. The maximum absolute atomic E-state index is 12.9. The van der Waals surface area contributed by atoms with Crippen molar-refractivity contribution in [3.63, 3.8) is 0 Å². The number of anilines is 1. The molecular weight excluding hydrogens is 437 g/mol. The Morgan fingerprint density at radius 1 is 1.18 bits per heavy atom. The normalized spacial score (nSPS) is 12.9. The average molecular weight is 470 g/mol. The number of urea groups is 1. The molecule has 3 rings (SSSR count). The molecule has 0 aliphatic heterocycles. The number of hydrogen-bond acceptors (Lipinski definition) is 6. The fraction of sp³-hybridized carbons (Fsp3) is 0.417. The smallest absolute Gasteiger partial charge is 0.319 e. The number of nitrogens with zero attached hydrogens (tertiary/aromatic N) is 4. The van der Waals surface area contributed by atoms with E-state index in [0.717, 1.165) is 36.0 Å². The highest BCUT2D eigenvalue weighted by Crippen LogP contribution is 2.23. The molecule has 2 atom stereocenters. The van der Waals surface area contributed by atoms with Gasteiger partial charge >= 0.3 is 6.03 Å². The number of benzene rings is 2. The van der Waals surface area contributed by atoms with Crippen molar-refractivity contribution in [2.24, 2.45) is 7.05 Å². The number of amides is 2. The van der Waals surface area contributed by atoms with Crippen LogP contribution in [0.5, 0.6) is 0 Å². The Morgan fingerprint density at radius 3 is 2.62 bits per heavy atom. The summed E-state index contributed by atoms with van der Waals surface area (Å²) in [7, 11) is 1.76. The topological polar surface area (TPSA) is 117 Å². The number of rotatable bonds is 11. The number of halogens is 1. The predicted molar refractivity (Wildman–Crippen MR) is 129 cm³/mol. The monoisotopic (exact) mass is 469 g/mol. The van der Waals surface area contributed by atoms with Gasteiger partial charge in [0, 0.05) is 24.8 Å². The van der Waals surface area contributed by atoms with Crippen LogP contribution in [0.15, 0.2) is 42.5 Å². The Kier molecular flexibility index (Phi) is 9.06. The van der Waals surface area contributed by atoms with Crippen LogP contribution in [-0.2, 0) is 19.9 Å². The summed E-state index contributed by atoms with van der Waals surface area (Å²) in [5.74, 6) is 0.366. The van der Waals surface area contributed by atoms with Gasteiger partial charge in [-0.15, -0.1) is 5.10 Å². The Bertz CT molecular complexity index is 1070. The molecule has 1 heterocycles. The molecule has 0 spiro atoms. The van der Waals surface area contributed by atoms with E-state index in [0.29, 0.717) is 24.6 Å². The van der Waals surface area contributed by atoms with Crippen LogP contribution in [0.3, 0.4) is 0 Å². The number of carbonyl (C=O) groups is 1. The summed E-state index contributed by atoms with van der Waals surface area (Å²) in [6.45, 7) is 4.84. The molecule has 2 amide bonds. The van der Waals surface area contributed by atoms with Gasteiger partial charge in [0.25, 0.3) is 0 Å². The molecular formula is C24H32FN7O2. The van der Waals surface area contributed by atoms with Crippen LogP contribution < -0.4 is 16.0 Å². The third-order valence-corrected chi connectivity index (χ3v) is 5.56. The Hall–Kier alpha value is -3.37. The number of aliphatic hydroxyl groups excluding tert-OH is 1. The molecule has 0 saturated heterocycles. The number of carbonyl (C=O) groups excluding carboxylic acids is 1. The first kappa shape index (κ1) is 25.3. The van der Waals surface area contributed by atoms with Gasteiger partial charge in [0.2, 0.25) is 0 Å². The number of hydrogen-bond donors (Lipinski definition) is 4. The maximum Gasteiger partial charge on any atom is 0.319 e. The molecule has 1 aromatic heterocycles. The highest BCUT2D eigenvalue weighted by Gasteiger charge is 2.17. The number of aryl methyl sites for hydroxylation is 3. The second kappa shape index (κ2) is 12.2. The summed E-state index contributed by atoms with van der Waals surface area (Å²) in [5, 5.41) is 30.8. The van der Waals surface area contributed by atoms with Crippen molar-refractivity contribution in [2.45, 2.75) is 45.3 Å². The van der Waals surface area contributed by atoms with Gasteiger partial charge in [-0.05, 0) is 84.6 Å². The van der Waals surface area contributed by atoms with E-state index in [1.54, 1.807) is 30.8 Å². The van der Waals surface area contributed by atoms with E-state index in [1.165, 1.54) is 12.1 Å². The molecule has 0 aliphatic rings. The second-order valence-electron chi connectivity index (χ2n) is 8.29. The summed E-state index contributed by atoms with van der Waals surface area (Å²) in [6.07, 6.45) is 1.72. The van der Waals surface area contributed by atoms with Crippen LogP contribution >= 0.6 is 0 Å². The zero-order chi connectivity index (χ0) is 24.5. The molecule has 0 unspecified atom stereocenters. The first-order chi connectivity index (χ1) is 16.4.